The van der Waals surface area contributed by atoms with E-state index in [1.807, 2.05) is 0 Å². The van der Waals surface area contributed by atoms with Gasteiger partial charge in [-0.1, -0.05) is 38.1 Å². The van der Waals surface area contributed by atoms with Crippen molar-refractivity contribution in [2.75, 3.05) is 0 Å². The molecule has 1 unspecified atom stereocenters. The zero-order valence-corrected chi connectivity index (χ0v) is 9.51. The summed E-state index contributed by atoms with van der Waals surface area (Å²) in [6.45, 7) is 6.43. The van der Waals surface area contributed by atoms with Crippen LogP contribution in [-0.2, 0) is 12.8 Å². The Balaban J connectivity index is 2.69. The molecule has 0 spiro atoms. The highest BCUT2D eigenvalue weighted by Gasteiger charge is 2.15. The summed E-state index contributed by atoms with van der Waals surface area (Å²) in [5.74, 6) is 0. The molecule has 0 fully saturated rings. The van der Waals surface area contributed by atoms with Crippen molar-refractivity contribution in [1.82, 2.24) is 0 Å². The molecule has 0 saturated carbocycles. The van der Waals surface area contributed by atoms with Gasteiger partial charge in [-0.25, -0.2) is 0 Å². The lowest BCUT2D eigenvalue weighted by Gasteiger charge is -2.22. The first-order valence-corrected chi connectivity index (χ1v) is 5.44. The molecule has 0 bridgehead atoms. The molecule has 1 heteroatoms. The van der Waals surface area contributed by atoms with E-state index in [2.05, 4.69) is 45.0 Å². The Labute approximate surface area is 87.3 Å². The third-order valence-corrected chi connectivity index (χ3v) is 2.85. The van der Waals surface area contributed by atoms with Gasteiger partial charge in [0.2, 0.25) is 0 Å². The van der Waals surface area contributed by atoms with Crippen molar-refractivity contribution in [1.29, 1.82) is 0 Å². The molecule has 0 aromatic heterocycles. The molecule has 14 heavy (non-hydrogen) atoms. The van der Waals surface area contributed by atoms with Crippen molar-refractivity contribution in [3.05, 3.63) is 35.4 Å². The number of benzene rings is 1. The average Bonchev–Trinajstić information content (AvgIpc) is 2.19. The summed E-state index contributed by atoms with van der Waals surface area (Å²) in [5, 5.41) is 0. The van der Waals surface area contributed by atoms with Crippen LogP contribution in [0, 0.1) is 0 Å². The summed E-state index contributed by atoms with van der Waals surface area (Å²) in [6.07, 6.45) is 3.09. The van der Waals surface area contributed by atoms with E-state index < -0.39 is 0 Å². The van der Waals surface area contributed by atoms with E-state index in [-0.39, 0.29) is 5.54 Å². The average molecular weight is 191 g/mol. The van der Waals surface area contributed by atoms with Crippen LogP contribution in [0.15, 0.2) is 24.3 Å². The first kappa shape index (κ1) is 11.3. The Hall–Kier alpha value is -0.820. The zero-order valence-electron chi connectivity index (χ0n) is 9.51. The number of hydrogen-bond acceptors (Lipinski definition) is 1. The number of nitrogens with two attached hydrogens (primary N) is 1. The molecule has 0 radical (unpaired) electrons. The van der Waals surface area contributed by atoms with Gasteiger partial charge < -0.3 is 5.73 Å². The maximum absolute atomic E-state index is 6.12. The molecule has 0 aliphatic heterocycles. The minimum Gasteiger partial charge on any atom is -0.325 e. The molecule has 0 aliphatic carbocycles. The summed E-state index contributed by atoms with van der Waals surface area (Å²) in [7, 11) is 0. The van der Waals surface area contributed by atoms with E-state index in [0.717, 1.165) is 19.3 Å². The van der Waals surface area contributed by atoms with Crippen molar-refractivity contribution >= 4 is 0 Å². The predicted octanol–water partition coefficient (Wildman–Crippen LogP) is 2.92. The molecule has 1 nitrogen and oxygen atoms in total. The van der Waals surface area contributed by atoms with Crippen molar-refractivity contribution in [2.45, 2.75) is 45.6 Å². The van der Waals surface area contributed by atoms with Gasteiger partial charge in [0.05, 0.1) is 0 Å². The molecule has 0 saturated heterocycles. The molecule has 1 aromatic carbocycles. The lowest BCUT2D eigenvalue weighted by Crippen LogP contribution is -2.37. The fraction of sp³-hybridized carbons (Fsp3) is 0.538. The van der Waals surface area contributed by atoms with E-state index >= 15 is 0 Å². The van der Waals surface area contributed by atoms with Crippen molar-refractivity contribution < 1.29 is 0 Å². The van der Waals surface area contributed by atoms with Gasteiger partial charge >= 0.3 is 0 Å². The van der Waals surface area contributed by atoms with Crippen LogP contribution in [-0.4, -0.2) is 5.54 Å². The molecule has 78 valence electrons. The van der Waals surface area contributed by atoms with Gasteiger partial charge in [-0.2, -0.15) is 0 Å². The standard InChI is InChI=1S/C13H21N/c1-4-11-6-8-12(9-7-11)10-13(3,14)5-2/h6-9H,4-5,10,14H2,1-3H3. The summed E-state index contributed by atoms with van der Waals surface area (Å²) >= 11 is 0. The van der Waals surface area contributed by atoms with Gasteiger partial charge in [-0.05, 0) is 37.3 Å². The number of rotatable bonds is 4. The van der Waals surface area contributed by atoms with Crippen LogP contribution < -0.4 is 5.73 Å². The molecule has 1 atom stereocenters. The topological polar surface area (TPSA) is 26.0 Å². The van der Waals surface area contributed by atoms with E-state index in [9.17, 15) is 0 Å². The van der Waals surface area contributed by atoms with Crippen LogP contribution >= 0.6 is 0 Å². The lowest BCUT2D eigenvalue weighted by atomic mass is 9.91. The summed E-state index contributed by atoms with van der Waals surface area (Å²) in [6, 6.07) is 8.78. The Bertz CT molecular complexity index is 272. The smallest absolute Gasteiger partial charge is 0.0163 e. The van der Waals surface area contributed by atoms with Gasteiger partial charge in [0, 0.05) is 5.54 Å². The first-order chi connectivity index (χ1) is 6.57. The minimum atomic E-state index is -0.0618. The van der Waals surface area contributed by atoms with E-state index in [0.29, 0.717) is 0 Å². The van der Waals surface area contributed by atoms with Crippen molar-refractivity contribution in [2.24, 2.45) is 5.73 Å². The maximum atomic E-state index is 6.12. The number of aryl methyl sites for hydroxylation is 1. The van der Waals surface area contributed by atoms with E-state index in [1.165, 1.54) is 11.1 Å². The first-order valence-electron chi connectivity index (χ1n) is 5.44. The highest BCUT2D eigenvalue weighted by atomic mass is 14.7. The Kier molecular flexibility index (Phi) is 3.70. The fourth-order valence-corrected chi connectivity index (χ4v) is 1.48. The monoisotopic (exact) mass is 191 g/mol. The zero-order chi connectivity index (χ0) is 10.6. The maximum Gasteiger partial charge on any atom is 0.0163 e. The fourth-order valence-electron chi connectivity index (χ4n) is 1.48. The summed E-state index contributed by atoms with van der Waals surface area (Å²) < 4.78 is 0. The van der Waals surface area contributed by atoms with Crippen molar-refractivity contribution in [3.63, 3.8) is 0 Å². The third-order valence-electron chi connectivity index (χ3n) is 2.85. The highest BCUT2D eigenvalue weighted by molar-refractivity contribution is 5.23. The van der Waals surface area contributed by atoms with Gasteiger partial charge in [-0.3, -0.25) is 0 Å². The Morgan fingerprint density at radius 1 is 1.07 bits per heavy atom. The lowest BCUT2D eigenvalue weighted by molar-refractivity contribution is 0.450. The molecular formula is C13H21N. The molecule has 2 N–H and O–H groups in total. The van der Waals surface area contributed by atoms with Crippen LogP contribution in [0.3, 0.4) is 0 Å². The normalized spacial score (nSPS) is 15.1. The quantitative estimate of drug-likeness (QED) is 0.778. The minimum absolute atomic E-state index is 0.0618. The molecule has 1 aromatic rings. The second-order valence-electron chi connectivity index (χ2n) is 4.35. The van der Waals surface area contributed by atoms with Crippen LogP contribution in [0.4, 0.5) is 0 Å². The van der Waals surface area contributed by atoms with Crippen LogP contribution in [0.1, 0.15) is 38.3 Å². The third kappa shape index (κ3) is 3.15. The molecular weight excluding hydrogens is 170 g/mol. The van der Waals surface area contributed by atoms with E-state index in [4.69, 9.17) is 5.73 Å². The molecule has 0 aliphatic rings. The second-order valence-corrected chi connectivity index (χ2v) is 4.35. The summed E-state index contributed by atoms with van der Waals surface area (Å²) in [5.41, 5.74) is 8.79. The molecule has 0 amide bonds. The van der Waals surface area contributed by atoms with Gasteiger partial charge in [0.15, 0.2) is 0 Å². The predicted molar refractivity (Wildman–Crippen MR) is 62.4 cm³/mol. The van der Waals surface area contributed by atoms with Gasteiger partial charge in [0.25, 0.3) is 0 Å². The largest absolute Gasteiger partial charge is 0.325 e. The molecule has 1 rings (SSSR count). The van der Waals surface area contributed by atoms with E-state index in [1.54, 1.807) is 0 Å². The van der Waals surface area contributed by atoms with Crippen LogP contribution in [0.5, 0.6) is 0 Å². The SMILES string of the molecule is CCc1ccc(CC(C)(N)CC)cc1. The van der Waals surface area contributed by atoms with Crippen LogP contribution in [0.2, 0.25) is 0 Å². The number of hydrogen-bond donors (Lipinski definition) is 1. The Morgan fingerprint density at radius 3 is 2.00 bits per heavy atom. The highest BCUT2D eigenvalue weighted by Crippen LogP contribution is 2.14. The molecule has 0 heterocycles. The van der Waals surface area contributed by atoms with Crippen molar-refractivity contribution in [3.8, 4) is 0 Å². The summed E-state index contributed by atoms with van der Waals surface area (Å²) in [4.78, 5) is 0. The van der Waals surface area contributed by atoms with Gasteiger partial charge in [-0.15, -0.1) is 0 Å². The van der Waals surface area contributed by atoms with Crippen LogP contribution in [0.25, 0.3) is 0 Å². The Morgan fingerprint density at radius 2 is 1.57 bits per heavy atom. The van der Waals surface area contributed by atoms with Gasteiger partial charge in [0.1, 0.15) is 0 Å². The second kappa shape index (κ2) is 4.61.